The second-order valence-electron chi connectivity index (χ2n) is 6.55. The lowest BCUT2D eigenvalue weighted by atomic mass is 10.0. The molecule has 4 nitrogen and oxygen atoms in total. The second-order valence-corrected chi connectivity index (χ2v) is 6.55. The quantitative estimate of drug-likeness (QED) is 0.478. The molecule has 2 aromatic carbocycles. The van der Waals surface area contributed by atoms with Crippen LogP contribution in [0.4, 0.5) is 37.7 Å². The Kier molecular flexibility index (Phi) is 5.63. The molecule has 0 unspecified atom stereocenters. The van der Waals surface area contributed by atoms with Gasteiger partial charge in [-0.05, 0) is 19.1 Å². The molecular formula is C18H20F6N4. The van der Waals surface area contributed by atoms with Gasteiger partial charge in [0.15, 0.2) is 0 Å². The van der Waals surface area contributed by atoms with E-state index in [0.717, 1.165) is 16.5 Å². The molecule has 0 aromatic heterocycles. The fourth-order valence-corrected chi connectivity index (χ4v) is 2.57. The van der Waals surface area contributed by atoms with E-state index < -0.39 is 23.7 Å². The topological polar surface area (TPSA) is 39.3 Å². The van der Waals surface area contributed by atoms with E-state index in [9.17, 15) is 26.3 Å². The normalized spacial score (nSPS) is 12.6. The Morgan fingerprint density at radius 1 is 0.893 bits per heavy atom. The number of benzene rings is 2. The van der Waals surface area contributed by atoms with E-state index >= 15 is 0 Å². The highest BCUT2D eigenvalue weighted by Crippen LogP contribution is 2.43. The number of alkyl halides is 6. The molecule has 10 heteroatoms. The minimum absolute atomic E-state index is 0.0150. The van der Waals surface area contributed by atoms with E-state index in [-0.39, 0.29) is 6.92 Å². The lowest BCUT2D eigenvalue weighted by molar-refractivity contribution is -0.299. The van der Waals surface area contributed by atoms with Crippen LogP contribution in [0.15, 0.2) is 48.8 Å². The number of fused-ring (bicyclic) bond motifs is 1. The van der Waals surface area contributed by atoms with E-state index in [1.54, 1.807) is 24.3 Å². The molecule has 0 fully saturated rings. The summed E-state index contributed by atoms with van der Waals surface area (Å²) in [6, 6.07) is 10.7. The number of rotatable bonds is 6. The van der Waals surface area contributed by atoms with E-state index in [2.05, 4.69) is 17.4 Å². The van der Waals surface area contributed by atoms with Crippen LogP contribution in [0, 0.1) is 0 Å². The highest BCUT2D eigenvalue weighted by atomic mass is 19.4. The molecule has 0 amide bonds. The van der Waals surface area contributed by atoms with Gasteiger partial charge in [-0.15, -0.1) is 0 Å². The van der Waals surface area contributed by atoms with Crippen molar-refractivity contribution in [3.8, 4) is 0 Å². The summed E-state index contributed by atoms with van der Waals surface area (Å²) >= 11 is 0. The Balaban J connectivity index is 2.23. The summed E-state index contributed by atoms with van der Waals surface area (Å²) < 4.78 is 77.9. The average Bonchev–Trinajstić information content (AvgIpc) is 2.57. The maximum atomic E-state index is 13.0. The van der Waals surface area contributed by atoms with Gasteiger partial charge in [-0.1, -0.05) is 30.8 Å². The summed E-state index contributed by atoms with van der Waals surface area (Å²) in [4.78, 5) is 1.89. The molecule has 0 heterocycles. The zero-order valence-corrected chi connectivity index (χ0v) is 15.4. The molecule has 2 aromatic rings. The van der Waals surface area contributed by atoms with Gasteiger partial charge in [-0.25, -0.2) is 0 Å². The van der Waals surface area contributed by atoms with Gasteiger partial charge < -0.3 is 10.2 Å². The first kappa shape index (κ1) is 21.5. The molecule has 0 saturated carbocycles. The van der Waals surface area contributed by atoms with Gasteiger partial charge >= 0.3 is 12.4 Å². The summed E-state index contributed by atoms with van der Waals surface area (Å²) in [5, 5.41) is 2.98. The SMILES string of the molecule is C=C(NNc1cccc2c(N(C)C)cccc12)NC(C)(C(F)(F)F)C(F)(F)F. The number of nitrogens with zero attached hydrogens (tertiary/aromatic N) is 1. The predicted octanol–water partition coefficient (Wildman–Crippen LogP) is 4.77. The van der Waals surface area contributed by atoms with Crippen LogP contribution in [-0.4, -0.2) is 32.0 Å². The molecule has 0 spiro atoms. The first-order valence-corrected chi connectivity index (χ1v) is 8.09. The highest BCUT2D eigenvalue weighted by molar-refractivity contribution is 6.01. The second kappa shape index (κ2) is 7.33. The summed E-state index contributed by atoms with van der Waals surface area (Å²) in [6.07, 6.45) is -11.1. The maximum Gasteiger partial charge on any atom is 0.420 e. The molecular weight excluding hydrogens is 386 g/mol. The summed E-state index contributed by atoms with van der Waals surface area (Å²) in [5.41, 5.74) is 2.10. The van der Waals surface area contributed by atoms with Gasteiger partial charge in [0.1, 0.15) is 5.82 Å². The Morgan fingerprint density at radius 2 is 1.43 bits per heavy atom. The summed E-state index contributed by atoms with van der Waals surface area (Å²) in [7, 11) is 3.71. The predicted molar refractivity (Wildman–Crippen MR) is 97.8 cm³/mol. The molecule has 0 bridgehead atoms. The first-order valence-electron chi connectivity index (χ1n) is 8.09. The van der Waals surface area contributed by atoms with Crippen LogP contribution in [0.5, 0.6) is 0 Å². The van der Waals surface area contributed by atoms with Crippen LogP contribution < -0.4 is 21.1 Å². The largest absolute Gasteiger partial charge is 0.420 e. The van der Waals surface area contributed by atoms with Crippen molar-refractivity contribution in [3.05, 3.63) is 48.8 Å². The molecule has 0 aliphatic heterocycles. The van der Waals surface area contributed by atoms with E-state index in [4.69, 9.17) is 0 Å². The molecule has 0 saturated heterocycles. The Morgan fingerprint density at radius 3 is 1.96 bits per heavy atom. The van der Waals surface area contributed by atoms with Crippen molar-refractivity contribution < 1.29 is 26.3 Å². The van der Waals surface area contributed by atoms with Crippen molar-refractivity contribution in [2.24, 2.45) is 0 Å². The van der Waals surface area contributed by atoms with Crippen molar-refractivity contribution in [3.63, 3.8) is 0 Å². The summed E-state index contributed by atoms with van der Waals surface area (Å²) in [6.45, 7) is 3.23. The van der Waals surface area contributed by atoms with Crippen molar-refractivity contribution >= 4 is 22.1 Å². The fraction of sp³-hybridized carbons (Fsp3) is 0.333. The van der Waals surface area contributed by atoms with Crippen LogP contribution in [-0.2, 0) is 0 Å². The third kappa shape index (κ3) is 4.05. The third-order valence-corrected chi connectivity index (χ3v) is 4.26. The Bertz CT molecular complexity index is 843. The number of halogens is 6. The molecule has 154 valence electrons. The molecule has 0 radical (unpaired) electrons. The van der Waals surface area contributed by atoms with E-state index in [0.29, 0.717) is 5.69 Å². The maximum absolute atomic E-state index is 13.0. The number of anilines is 2. The minimum atomic E-state index is -5.57. The molecule has 0 atom stereocenters. The Labute approximate surface area is 158 Å². The number of hydrazine groups is 1. The van der Waals surface area contributed by atoms with Crippen LogP contribution in [0.1, 0.15) is 6.92 Å². The smallest absolute Gasteiger partial charge is 0.377 e. The molecule has 3 N–H and O–H groups in total. The molecule has 2 rings (SSSR count). The standard InChI is InChI=1S/C18H20F6N4/c1-11(25-16(2,17(19,20)21)18(22,23)24)26-27-14-9-5-8-13-12(14)7-6-10-15(13)28(3)4/h5-10,25-27H,1H2,2-4H3. The lowest BCUT2D eigenvalue weighted by Gasteiger charge is -2.36. The molecule has 0 aliphatic rings. The monoisotopic (exact) mass is 406 g/mol. The molecule has 28 heavy (non-hydrogen) atoms. The van der Waals surface area contributed by atoms with Crippen molar-refractivity contribution in [2.45, 2.75) is 24.8 Å². The van der Waals surface area contributed by atoms with Crippen molar-refractivity contribution in [2.75, 3.05) is 24.4 Å². The number of hydrogen-bond acceptors (Lipinski definition) is 4. The van der Waals surface area contributed by atoms with Gasteiger partial charge in [0.2, 0.25) is 5.54 Å². The van der Waals surface area contributed by atoms with Gasteiger partial charge in [-0.3, -0.25) is 10.9 Å². The van der Waals surface area contributed by atoms with Crippen LogP contribution >= 0.6 is 0 Å². The molecule has 0 aliphatic carbocycles. The van der Waals surface area contributed by atoms with Crippen LogP contribution in [0.25, 0.3) is 10.8 Å². The lowest BCUT2D eigenvalue weighted by Crippen LogP contribution is -2.64. The van der Waals surface area contributed by atoms with Crippen molar-refractivity contribution in [1.29, 1.82) is 0 Å². The van der Waals surface area contributed by atoms with Gasteiger partial charge in [0.25, 0.3) is 0 Å². The van der Waals surface area contributed by atoms with E-state index in [1.165, 1.54) is 5.32 Å². The van der Waals surface area contributed by atoms with E-state index in [1.807, 2.05) is 31.1 Å². The van der Waals surface area contributed by atoms with Gasteiger partial charge in [0.05, 0.1) is 5.69 Å². The van der Waals surface area contributed by atoms with Crippen LogP contribution in [0.2, 0.25) is 0 Å². The van der Waals surface area contributed by atoms with Gasteiger partial charge in [0, 0.05) is 30.6 Å². The zero-order chi connectivity index (χ0) is 21.3. The Hall–Kier alpha value is -2.78. The fourth-order valence-electron chi connectivity index (χ4n) is 2.57. The van der Waals surface area contributed by atoms with Crippen LogP contribution in [0.3, 0.4) is 0 Å². The minimum Gasteiger partial charge on any atom is -0.377 e. The highest BCUT2D eigenvalue weighted by Gasteiger charge is 2.68. The summed E-state index contributed by atoms with van der Waals surface area (Å²) in [5.74, 6) is -0.682. The first-order chi connectivity index (χ1) is 12.8. The van der Waals surface area contributed by atoms with Gasteiger partial charge in [-0.2, -0.15) is 26.3 Å². The third-order valence-electron chi connectivity index (χ3n) is 4.26. The average molecular weight is 406 g/mol. The number of hydrogen-bond donors (Lipinski definition) is 3. The zero-order valence-electron chi connectivity index (χ0n) is 15.4. The van der Waals surface area contributed by atoms with Crippen molar-refractivity contribution in [1.82, 2.24) is 10.7 Å². The number of nitrogens with one attached hydrogen (secondary N) is 3.